The van der Waals surface area contributed by atoms with Crippen LogP contribution in [0.3, 0.4) is 0 Å². The highest BCUT2D eigenvalue weighted by Crippen LogP contribution is 2.19. The van der Waals surface area contributed by atoms with Gasteiger partial charge in [0, 0.05) is 25.8 Å². The lowest BCUT2D eigenvalue weighted by Crippen LogP contribution is -2.41. The van der Waals surface area contributed by atoms with E-state index in [4.69, 9.17) is 4.74 Å². The molecule has 0 unspecified atom stereocenters. The average Bonchev–Trinajstić information content (AvgIpc) is 3.13. The summed E-state index contributed by atoms with van der Waals surface area (Å²) in [4.78, 5) is 19.6. The van der Waals surface area contributed by atoms with Crippen molar-refractivity contribution in [2.75, 3.05) is 13.7 Å². The number of H-pyrrole nitrogens is 2. The van der Waals surface area contributed by atoms with E-state index in [1.165, 1.54) is 0 Å². The van der Waals surface area contributed by atoms with Crippen molar-refractivity contribution in [3.8, 4) is 0 Å². The summed E-state index contributed by atoms with van der Waals surface area (Å²) in [5.74, 6) is -0.0917. The molecule has 4 N–H and O–H groups in total. The molecule has 2 aromatic heterocycles. The van der Waals surface area contributed by atoms with Gasteiger partial charge in [0.1, 0.15) is 6.04 Å². The van der Waals surface area contributed by atoms with Gasteiger partial charge < -0.3 is 20.4 Å². The topological polar surface area (TPSA) is 108 Å². The zero-order chi connectivity index (χ0) is 14.7. The van der Waals surface area contributed by atoms with Gasteiger partial charge in [-0.15, -0.1) is 0 Å². The molecular weight excluding hydrogens is 272 g/mol. The maximum Gasteiger partial charge on any atom is 0.243 e. The van der Waals surface area contributed by atoms with E-state index in [1.807, 2.05) is 6.07 Å². The fourth-order valence-corrected chi connectivity index (χ4v) is 2.44. The van der Waals surface area contributed by atoms with Crippen molar-refractivity contribution in [3.05, 3.63) is 35.2 Å². The van der Waals surface area contributed by atoms with Crippen LogP contribution in [-0.4, -0.2) is 39.7 Å². The molecule has 1 amide bonds. The molecule has 21 heavy (non-hydrogen) atoms. The van der Waals surface area contributed by atoms with Crippen molar-refractivity contribution >= 4 is 5.91 Å². The smallest absolute Gasteiger partial charge is 0.243 e. The first-order chi connectivity index (χ1) is 10.3. The van der Waals surface area contributed by atoms with Gasteiger partial charge >= 0.3 is 0 Å². The maximum atomic E-state index is 12.3. The van der Waals surface area contributed by atoms with Crippen LogP contribution in [0.15, 0.2) is 12.4 Å². The average molecular weight is 290 g/mol. The summed E-state index contributed by atoms with van der Waals surface area (Å²) in [5, 5.41) is 13.0. The van der Waals surface area contributed by atoms with E-state index < -0.39 is 6.04 Å². The summed E-state index contributed by atoms with van der Waals surface area (Å²) in [5.41, 5.74) is 3.46. The molecule has 3 heterocycles. The van der Waals surface area contributed by atoms with Gasteiger partial charge in [0.2, 0.25) is 5.91 Å². The summed E-state index contributed by atoms with van der Waals surface area (Å²) in [6.07, 6.45) is 2.49. The minimum absolute atomic E-state index is 0.0917. The van der Waals surface area contributed by atoms with E-state index in [0.717, 1.165) is 35.7 Å². The minimum Gasteiger partial charge on any atom is -0.378 e. The zero-order valence-corrected chi connectivity index (χ0v) is 11.8. The highest BCUT2D eigenvalue weighted by atomic mass is 16.5. The Hall–Kier alpha value is -2.19. The Morgan fingerprint density at radius 3 is 3.33 bits per heavy atom. The highest BCUT2D eigenvalue weighted by molar-refractivity contribution is 5.83. The van der Waals surface area contributed by atoms with Crippen LogP contribution in [0.25, 0.3) is 0 Å². The van der Waals surface area contributed by atoms with Crippen molar-refractivity contribution in [2.45, 2.75) is 25.6 Å². The van der Waals surface area contributed by atoms with Crippen LogP contribution in [0, 0.1) is 0 Å². The Kier molecular flexibility index (Phi) is 3.98. The first-order valence-corrected chi connectivity index (χ1v) is 6.83. The summed E-state index contributed by atoms with van der Waals surface area (Å²) in [6.45, 7) is 1.61. The van der Waals surface area contributed by atoms with Gasteiger partial charge in [-0.1, -0.05) is 0 Å². The lowest BCUT2D eigenvalue weighted by atomic mass is 10.1. The van der Waals surface area contributed by atoms with Gasteiger partial charge in [0.15, 0.2) is 0 Å². The van der Waals surface area contributed by atoms with Crippen LogP contribution in [-0.2, 0) is 29.1 Å². The predicted octanol–water partition coefficient (Wildman–Crippen LogP) is -0.218. The minimum atomic E-state index is -0.402. The summed E-state index contributed by atoms with van der Waals surface area (Å²) in [6, 6.07) is 1.47. The van der Waals surface area contributed by atoms with Crippen molar-refractivity contribution in [2.24, 2.45) is 0 Å². The number of ether oxygens (including phenoxy) is 1. The number of nitrogens with zero attached hydrogens (tertiary/aromatic N) is 2. The number of aromatic nitrogens is 4. The van der Waals surface area contributed by atoms with E-state index in [-0.39, 0.29) is 5.91 Å². The van der Waals surface area contributed by atoms with Gasteiger partial charge in [-0.05, 0) is 6.07 Å². The summed E-state index contributed by atoms with van der Waals surface area (Å²) in [7, 11) is 1.62. The zero-order valence-electron chi connectivity index (χ0n) is 11.8. The third-order valence-electron chi connectivity index (χ3n) is 3.44. The third kappa shape index (κ3) is 2.96. The van der Waals surface area contributed by atoms with Gasteiger partial charge in [0.25, 0.3) is 0 Å². The van der Waals surface area contributed by atoms with E-state index in [9.17, 15) is 4.79 Å². The van der Waals surface area contributed by atoms with Crippen molar-refractivity contribution in [1.82, 2.24) is 30.8 Å². The summed E-state index contributed by atoms with van der Waals surface area (Å²) >= 11 is 0. The Labute approximate surface area is 121 Å². The number of rotatable bonds is 5. The number of aromatic amines is 2. The monoisotopic (exact) mass is 290 g/mol. The van der Waals surface area contributed by atoms with Crippen molar-refractivity contribution < 1.29 is 9.53 Å². The number of nitrogens with one attached hydrogen (secondary N) is 4. The summed E-state index contributed by atoms with van der Waals surface area (Å²) < 4.78 is 5.00. The second kappa shape index (κ2) is 6.06. The largest absolute Gasteiger partial charge is 0.378 e. The first-order valence-electron chi connectivity index (χ1n) is 6.83. The molecule has 0 spiro atoms. The molecule has 2 aromatic rings. The lowest BCUT2D eigenvalue weighted by Gasteiger charge is -2.21. The molecule has 8 nitrogen and oxygen atoms in total. The van der Waals surface area contributed by atoms with E-state index in [0.29, 0.717) is 13.2 Å². The van der Waals surface area contributed by atoms with Crippen LogP contribution in [0.4, 0.5) is 0 Å². The van der Waals surface area contributed by atoms with Gasteiger partial charge in [-0.25, -0.2) is 4.98 Å². The standard InChI is InChI=1S/C13H18N6O2/c1-21-6-9-4-8(18-19-9)5-15-13(20)12-11-10(2-3-14-12)16-7-17-11/h4,7,12,14H,2-3,5-6H2,1H3,(H,15,20)(H,16,17)(H,18,19)/t12-/m1/s1. The molecular formula is C13H18N6O2. The number of fused-ring (bicyclic) bond motifs is 1. The fraction of sp³-hybridized carbons (Fsp3) is 0.462. The van der Waals surface area contributed by atoms with Crippen LogP contribution < -0.4 is 10.6 Å². The molecule has 112 valence electrons. The van der Waals surface area contributed by atoms with Crippen LogP contribution in [0.5, 0.6) is 0 Å². The number of amides is 1. The Bertz CT molecular complexity index is 620. The van der Waals surface area contributed by atoms with E-state index >= 15 is 0 Å². The second-order valence-electron chi connectivity index (χ2n) is 4.94. The number of imidazole rings is 1. The number of hydrogen-bond acceptors (Lipinski definition) is 5. The molecule has 0 radical (unpaired) electrons. The highest BCUT2D eigenvalue weighted by Gasteiger charge is 2.28. The fourth-order valence-electron chi connectivity index (χ4n) is 2.44. The number of carbonyl (C=O) groups is 1. The lowest BCUT2D eigenvalue weighted by molar-refractivity contribution is -0.123. The Morgan fingerprint density at radius 2 is 2.48 bits per heavy atom. The normalized spacial score (nSPS) is 17.5. The van der Waals surface area contributed by atoms with E-state index in [2.05, 4.69) is 30.8 Å². The molecule has 1 aliphatic rings. The van der Waals surface area contributed by atoms with Crippen molar-refractivity contribution in [3.63, 3.8) is 0 Å². The van der Waals surface area contributed by atoms with Gasteiger partial charge in [0.05, 0.1) is 36.6 Å². The van der Waals surface area contributed by atoms with Crippen LogP contribution in [0.2, 0.25) is 0 Å². The van der Waals surface area contributed by atoms with Crippen LogP contribution in [0.1, 0.15) is 28.8 Å². The van der Waals surface area contributed by atoms with E-state index in [1.54, 1.807) is 13.4 Å². The number of methoxy groups -OCH3 is 1. The predicted molar refractivity (Wildman–Crippen MR) is 74.2 cm³/mol. The number of hydrogen-bond donors (Lipinski definition) is 4. The molecule has 0 saturated carbocycles. The first kappa shape index (κ1) is 13.8. The Morgan fingerprint density at radius 1 is 1.57 bits per heavy atom. The molecule has 0 aromatic carbocycles. The number of carbonyl (C=O) groups excluding carboxylic acids is 1. The van der Waals surface area contributed by atoms with Crippen molar-refractivity contribution in [1.29, 1.82) is 0 Å². The molecule has 0 saturated heterocycles. The van der Waals surface area contributed by atoms with Gasteiger partial charge in [-0.2, -0.15) is 5.10 Å². The molecule has 0 aliphatic carbocycles. The molecule has 0 bridgehead atoms. The Balaban J connectivity index is 1.60. The molecule has 8 heteroatoms. The maximum absolute atomic E-state index is 12.3. The second-order valence-corrected chi connectivity index (χ2v) is 4.94. The third-order valence-corrected chi connectivity index (χ3v) is 3.44. The SMILES string of the molecule is COCc1cc(CNC(=O)[C@@H]2NCCc3[nH]cnc32)[nH]n1. The quantitative estimate of drug-likeness (QED) is 0.609. The van der Waals surface area contributed by atoms with Crippen LogP contribution >= 0.6 is 0 Å². The molecule has 3 rings (SSSR count). The molecule has 0 fully saturated rings. The molecule has 1 aliphatic heterocycles. The molecule has 1 atom stereocenters. The van der Waals surface area contributed by atoms with Gasteiger partial charge in [-0.3, -0.25) is 9.89 Å².